The Balaban J connectivity index is 2.46. The summed E-state index contributed by atoms with van der Waals surface area (Å²) in [5, 5.41) is 6.56. The highest BCUT2D eigenvalue weighted by Crippen LogP contribution is 2.09. The molecule has 1 rings (SSSR count). The SMILES string of the molecule is CC(C)CN(CC(=O)NC(C)(C)C)CC1CCCN1. The van der Waals surface area contributed by atoms with Crippen molar-refractivity contribution < 1.29 is 4.79 Å². The fourth-order valence-corrected chi connectivity index (χ4v) is 2.61. The topological polar surface area (TPSA) is 44.4 Å². The van der Waals surface area contributed by atoms with E-state index in [1.807, 2.05) is 20.8 Å². The van der Waals surface area contributed by atoms with E-state index in [2.05, 4.69) is 29.4 Å². The number of nitrogens with one attached hydrogen (secondary N) is 2. The summed E-state index contributed by atoms with van der Waals surface area (Å²) in [5.74, 6) is 0.718. The summed E-state index contributed by atoms with van der Waals surface area (Å²) >= 11 is 0. The van der Waals surface area contributed by atoms with E-state index in [1.165, 1.54) is 12.8 Å². The summed E-state index contributed by atoms with van der Waals surface area (Å²) in [7, 11) is 0. The van der Waals surface area contributed by atoms with Crippen LogP contribution in [0.4, 0.5) is 0 Å². The van der Waals surface area contributed by atoms with Crippen LogP contribution in [0.15, 0.2) is 0 Å². The third-order valence-electron chi connectivity index (χ3n) is 3.15. The predicted molar refractivity (Wildman–Crippen MR) is 80.2 cm³/mol. The van der Waals surface area contributed by atoms with E-state index < -0.39 is 0 Å². The van der Waals surface area contributed by atoms with Crippen molar-refractivity contribution >= 4 is 5.91 Å². The van der Waals surface area contributed by atoms with Crippen LogP contribution in [0, 0.1) is 5.92 Å². The molecule has 4 nitrogen and oxygen atoms in total. The summed E-state index contributed by atoms with van der Waals surface area (Å²) in [6.45, 7) is 14.1. The van der Waals surface area contributed by atoms with Crippen LogP contribution in [-0.2, 0) is 4.79 Å². The molecule has 1 atom stereocenters. The van der Waals surface area contributed by atoms with Crippen LogP contribution in [0.3, 0.4) is 0 Å². The molecular formula is C15H31N3O. The molecule has 0 aromatic heterocycles. The summed E-state index contributed by atoms with van der Waals surface area (Å²) in [4.78, 5) is 14.3. The number of hydrogen-bond donors (Lipinski definition) is 2. The third-order valence-corrected chi connectivity index (χ3v) is 3.15. The first-order valence-electron chi connectivity index (χ1n) is 7.53. The monoisotopic (exact) mass is 269 g/mol. The van der Waals surface area contributed by atoms with Gasteiger partial charge < -0.3 is 10.6 Å². The molecular weight excluding hydrogens is 238 g/mol. The molecule has 1 amide bonds. The minimum atomic E-state index is -0.147. The predicted octanol–water partition coefficient (Wildman–Crippen LogP) is 1.61. The fourth-order valence-electron chi connectivity index (χ4n) is 2.61. The Morgan fingerprint density at radius 2 is 2.11 bits per heavy atom. The Morgan fingerprint density at radius 3 is 2.58 bits per heavy atom. The van der Waals surface area contributed by atoms with Crippen LogP contribution in [0.2, 0.25) is 0 Å². The molecule has 19 heavy (non-hydrogen) atoms. The van der Waals surface area contributed by atoms with Gasteiger partial charge in [-0.1, -0.05) is 13.8 Å². The maximum atomic E-state index is 12.1. The zero-order valence-corrected chi connectivity index (χ0v) is 13.3. The molecule has 1 aliphatic heterocycles. The van der Waals surface area contributed by atoms with Crippen molar-refractivity contribution in [3.8, 4) is 0 Å². The minimum Gasteiger partial charge on any atom is -0.350 e. The smallest absolute Gasteiger partial charge is 0.234 e. The van der Waals surface area contributed by atoms with E-state index >= 15 is 0 Å². The molecule has 0 aromatic rings. The van der Waals surface area contributed by atoms with Crippen molar-refractivity contribution in [3.63, 3.8) is 0 Å². The molecule has 1 saturated heterocycles. The van der Waals surface area contributed by atoms with Crippen molar-refractivity contribution in [1.82, 2.24) is 15.5 Å². The van der Waals surface area contributed by atoms with Gasteiger partial charge in [-0.15, -0.1) is 0 Å². The van der Waals surface area contributed by atoms with Gasteiger partial charge in [0.2, 0.25) is 5.91 Å². The Labute approximate surface area is 118 Å². The van der Waals surface area contributed by atoms with Gasteiger partial charge >= 0.3 is 0 Å². The number of carbonyl (C=O) groups excluding carboxylic acids is 1. The van der Waals surface area contributed by atoms with Crippen molar-refractivity contribution in [2.75, 3.05) is 26.2 Å². The number of rotatable bonds is 6. The molecule has 2 N–H and O–H groups in total. The third kappa shape index (κ3) is 7.53. The van der Waals surface area contributed by atoms with Gasteiger partial charge in [-0.2, -0.15) is 0 Å². The number of nitrogens with zero attached hydrogens (tertiary/aromatic N) is 1. The second-order valence-corrected chi connectivity index (χ2v) is 7.18. The van der Waals surface area contributed by atoms with Crippen LogP contribution < -0.4 is 10.6 Å². The van der Waals surface area contributed by atoms with E-state index in [0.717, 1.165) is 19.6 Å². The molecule has 0 spiro atoms. The Morgan fingerprint density at radius 1 is 1.42 bits per heavy atom. The van der Waals surface area contributed by atoms with Gasteiger partial charge in [0.1, 0.15) is 0 Å². The molecule has 0 saturated carbocycles. The maximum Gasteiger partial charge on any atom is 0.234 e. The van der Waals surface area contributed by atoms with Gasteiger partial charge in [0.15, 0.2) is 0 Å². The standard InChI is InChI=1S/C15H31N3O/c1-12(2)9-18(10-13-7-6-8-16-13)11-14(19)17-15(3,4)5/h12-13,16H,6-11H2,1-5H3,(H,17,19). The van der Waals surface area contributed by atoms with E-state index in [-0.39, 0.29) is 11.4 Å². The molecule has 1 fully saturated rings. The number of hydrogen-bond acceptors (Lipinski definition) is 3. The molecule has 112 valence electrons. The van der Waals surface area contributed by atoms with Gasteiger partial charge in [-0.3, -0.25) is 9.69 Å². The largest absolute Gasteiger partial charge is 0.350 e. The van der Waals surface area contributed by atoms with Gasteiger partial charge in [0, 0.05) is 24.7 Å². The molecule has 1 unspecified atom stereocenters. The van der Waals surface area contributed by atoms with E-state index in [0.29, 0.717) is 18.5 Å². The molecule has 4 heteroatoms. The van der Waals surface area contributed by atoms with Crippen molar-refractivity contribution in [3.05, 3.63) is 0 Å². The van der Waals surface area contributed by atoms with E-state index in [1.54, 1.807) is 0 Å². The molecule has 1 aliphatic rings. The summed E-state index contributed by atoms with van der Waals surface area (Å²) in [6, 6.07) is 0.557. The van der Waals surface area contributed by atoms with Gasteiger partial charge in [-0.05, 0) is 46.1 Å². The Kier molecular flexibility index (Phi) is 6.27. The summed E-state index contributed by atoms with van der Waals surface area (Å²) in [6.07, 6.45) is 2.49. The maximum absolute atomic E-state index is 12.1. The summed E-state index contributed by atoms with van der Waals surface area (Å²) < 4.78 is 0. The second-order valence-electron chi connectivity index (χ2n) is 7.18. The zero-order valence-electron chi connectivity index (χ0n) is 13.3. The first-order chi connectivity index (χ1) is 8.76. The highest BCUT2D eigenvalue weighted by Gasteiger charge is 2.21. The lowest BCUT2D eigenvalue weighted by molar-refractivity contribution is -0.123. The van der Waals surface area contributed by atoms with Gasteiger partial charge in [0.05, 0.1) is 6.54 Å². The van der Waals surface area contributed by atoms with Crippen LogP contribution in [0.1, 0.15) is 47.5 Å². The average Bonchev–Trinajstić information content (AvgIpc) is 2.65. The Bertz CT molecular complexity index is 278. The molecule has 0 radical (unpaired) electrons. The van der Waals surface area contributed by atoms with Crippen LogP contribution >= 0.6 is 0 Å². The van der Waals surface area contributed by atoms with E-state index in [4.69, 9.17) is 0 Å². The first kappa shape index (κ1) is 16.4. The molecule has 0 bridgehead atoms. The number of carbonyl (C=O) groups is 1. The first-order valence-corrected chi connectivity index (χ1v) is 7.53. The van der Waals surface area contributed by atoms with Crippen LogP contribution in [0.25, 0.3) is 0 Å². The van der Waals surface area contributed by atoms with Gasteiger partial charge in [0.25, 0.3) is 0 Å². The lowest BCUT2D eigenvalue weighted by Crippen LogP contribution is -2.48. The average molecular weight is 269 g/mol. The Hall–Kier alpha value is -0.610. The van der Waals surface area contributed by atoms with Crippen molar-refractivity contribution in [2.45, 2.75) is 59.0 Å². The lowest BCUT2D eigenvalue weighted by atomic mass is 10.1. The normalized spacial score (nSPS) is 20.3. The van der Waals surface area contributed by atoms with E-state index in [9.17, 15) is 4.79 Å². The molecule has 0 aromatic carbocycles. The highest BCUT2D eigenvalue weighted by molar-refractivity contribution is 5.78. The quantitative estimate of drug-likeness (QED) is 0.770. The zero-order chi connectivity index (χ0) is 14.5. The number of amides is 1. The van der Waals surface area contributed by atoms with Gasteiger partial charge in [-0.25, -0.2) is 0 Å². The lowest BCUT2D eigenvalue weighted by Gasteiger charge is -2.28. The van der Waals surface area contributed by atoms with Crippen LogP contribution in [0.5, 0.6) is 0 Å². The fraction of sp³-hybridized carbons (Fsp3) is 0.933. The second kappa shape index (κ2) is 7.25. The highest BCUT2D eigenvalue weighted by atomic mass is 16.2. The minimum absolute atomic E-state index is 0.131. The van der Waals surface area contributed by atoms with Crippen molar-refractivity contribution in [2.24, 2.45) is 5.92 Å². The van der Waals surface area contributed by atoms with Crippen molar-refractivity contribution in [1.29, 1.82) is 0 Å². The summed E-state index contributed by atoms with van der Waals surface area (Å²) in [5.41, 5.74) is -0.147. The van der Waals surface area contributed by atoms with Crippen LogP contribution in [-0.4, -0.2) is 48.6 Å². The molecule has 1 heterocycles. The molecule has 0 aliphatic carbocycles.